The van der Waals surface area contributed by atoms with Gasteiger partial charge in [0.2, 0.25) is 0 Å². The Hall–Kier alpha value is -3.46. The molecule has 2 amide bonds. The third-order valence-electron chi connectivity index (χ3n) is 5.19. The van der Waals surface area contributed by atoms with E-state index in [1.807, 2.05) is 32.0 Å². The zero-order valence-electron chi connectivity index (χ0n) is 18.3. The molecule has 0 N–H and O–H groups in total. The lowest BCUT2D eigenvalue weighted by molar-refractivity contribution is -0.137. The number of thioether (sulfide) groups is 1. The highest BCUT2D eigenvalue weighted by Gasteiger charge is 2.36. The van der Waals surface area contributed by atoms with Crippen LogP contribution in [0.15, 0.2) is 63.9 Å². The number of carbonyl (C=O) groups is 2. The normalized spacial score (nSPS) is 15.4. The largest absolute Gasteiger partial charge is 0.491 e. The first-order valence-electron chi connectivity index (χ1n) is 10.4. The number of benzene rings is 2. The van der Waals surface area contributed by atoms with Crippen LogP contribution in [0.3, 0.4) is 0 Å². The molecule has 1 fully saturated rings. The lowest BCUT2D eigenvalue weighted by Crippen LogP contribution is -2.32. The molecule has 2 heterocycles. The molecular formula is C25H20F3NO4S. The smallest absolute Gasteiger partial charge is 0.417 e. The summed E-state index contributed by atoms with van der Waals surface area (Å²) in [6.45, 7) is 4.05. The Kier molecular flexibility index (Phi) is 6.56. The summed E-state index contributed by atoms with van der Waals surface area (Å²) in [5, 5.41) is -0.449. The second-order valence-electron chi connectivity index (χ2n) is 7.70. The summed E-state index contributed by atoms with van der Waals surface area (Å²) >= 11 is 0.744. The molecule has 2 aromatic carbocycles. The number of nitrogens with zero attached hydrogens (tertiary/aromatic N) is 1. The van der Waals surface area contributed by atoms with Gasteiger partial charge in [0.15, 0.2) is 0 Å². The number of hydrogen-bond donors (Lipinski definition) is 0. The number of alkyl halides is 3. The summed E-state index contributed by atoms with van der Waals surface area (Å²) in [6, 6.07) is 13.7. The minimum Gasteiger partial charge on any atom is -0.491 e. The second-order valence-corrected chi connectivity index (χ2v) is 8.69. The molecule has 5 nitrogen and oxygen atoms in total. The van der Waals surface area contributed by atoms with E-state index >= 15 is 0 Å². The van der Waals surface area contributed by atoms with E-state index in [0.29, 0.717) is 5.75 Å². The molecular weight excluding hydrogens is 467 g/mol. The van der Waals surface area contributed by atoms with Crippen molar-refractivity contribution in [3.05, 3.63) is 82.0 Å². The van der Waals surface area contributed by atoms with Crippen molar-refractivity contribution in [2.45, 2.75) is 20.0 Å². The van der Waals surface area contributed by atoms with Crippen LogP contribution in [0.4, 0.5) is 18.0 Å². The van der Waals surface area contributed by atoms with Crippen LogP contribution >= 0.6 is 11.8 Å². The number of ether oxygens (including phenoxy) is 1. The number of hydrogen-bond acceptors (Lipinski definition) is 5. The molecule has 1 aromatic heterocycles. The van der Waals surface area contributed by atoms with Crippen LogP contribution in [0.1, 0.15) is 22.5 Å². The summed E-state index contributed by atoms with van der Waals surface area (Å²) in [5.74, 6) is 0.363. The number of amides is 2. The van der Waals surface area contributed by atoms with Crippen molar-refractivity contribution >= 4 is 29.0 Å². The van der Waals surface area contributed by atoms with Gasteiger partial charge in [-0.05, 0) is 61.0 Å². The van der Waals surface area contributed by atoms with Crippen molar-refractivity contribution < 1.29 is 31.9 Å². The van der Waals surface area contributed by atoms with Crippen LogP contribution in [-0.2, 0) is 11.0 Å². The summed E-state index contributed by atoms with van der Waals surface area (Å²) < 4.78 is 51.2. The molecule has 0 spiro atoms. The van der Waals surface area contributed by atoms with E-state index < -0.39 is 22.9 Å². The topological polar surface area (TPSA) is 59.8 Å². The molecule has 0 radical (unpaired) electrons. The Morgan fingerprint density at radius 1 is 1.06 bits per heavy atom. The summed E-state index contributed by atoms with van der Waals surface area (Å²) in [6.07, 6.45) is -3.18. The molecule has 34 heavy (non-hydrogen) atoms. The van der Waals surface area contributed by atoms with Gasteiger partial charge >= 0.3 is 6.18 Å². The maximum absolute atomic E-state index is 13.3. The zero-order chi connectivity index (χ0) is 24.5. The fourth-order valence-electron chi connectivity index (χ4n) is 3.45. The molecule has 1 aliphatic heterocycles. The fraction of sp³-hybridized carbons (Fsp3) is 0.200. The first kappa shape index (κ1) is 23.7. The van der Waals surface area contributed by atoms with Gasteiger partial charge in [-0.1, -0.05) is 30.3 Å². The van der Waals surface area contributed by atoms with Crippen LogP contribution in [0.5, 0.6) is 5.75 Å². The molecule has 0 aliphatic carbocycles. The molecule has 0 bridgehead atoms. The number of carbonyl (C=O) groups excluding carboxylic acids is 2. The molecule has 176 valence electrons. The standard InChI is InChI=1S/C25H20F3NO4S/c1-15-7-8-16(2)21(13-15)32-12-11-29-23(30)22(34-24(29)31)14-17-9-10-20(33-17)18-5-3-4-6-19(18)25(26,27)28/h3-10,13-14H,11-12H2,1-2H3/b22-14-. The number of furan rings is 1. The minimum absolute atomic E-state index is 0.0142. The Bertz CT molecular complexity index is 1280. The summed E-state index contributed by atoms with van der Waals surface area (Å²) in [4.78, 5) is 26.3. The number of imide groups is 1. The van der Waals surface area contributed by atoms with Gasteiger partial charge < -0.3 is 9.15 Å². The zero-order valence-corrected chi connectivity index (χ0v) is 19.1. The highest BCUT2D eigenvalue weighted by molar-refractivity contribution is 8.18. The summed E-state index contributed by atoms with van der Waals surface area (Å²) in [5.41, 5.74) is 1.05. The van der Waals surface area contributed by atoms with Crippen LogP contribution in [0.2, 0.25) is 0 Å². The van der Waals surface area contributed by atoms with Gasteiger partial charge in [-0.25, -0.2) is 0 Å². The Balaban J connectivity index is 1.46. The van der Waals surface area contributed by atoms with Gasteiger partial charge in [-0.15, -0.1) is 0 Å². The molecule has 9 heteroatoms. The first-order valence-corrected chi connectivity index (χ1v) is 11.2. The third-order valence-corrected chi connectivity index (χ3v) is 6.10. The highest BCUT2D eigenvalue weighted by atomic mass is 32.2. The van der Waals surface area contributed by atoms with E-state index in [0.717, 1.165) is 33.9 Å². The van der Waals surface area contributed by atoms with Crippen LogP contribution in [0, 0.1) is 13.8 Å². The Morgan fingerprint density at radius 3 is 2.59 bits per heavy atom. The predicted octanol–water partition coefficient (Wildman–Crippen LogP) is 6.70. The highest BCUT2D eigenvalue weighted by Crippen LogP contribution is 2.38. The van der Waals surface area contributed by atoms with E-state index in [9.17, 15) is 22.8 Å². The van der Waals surface area contributed by atoms with Crippen molar-refractivity contribution in [2.75, 3.05) is 13.2 Å². The molecule has 3 aromatic rings. The van der Waals surface area contributed by atoms with Gasteiger partial charge in [0.05, 0.1) is 17.0 Å². The molecule has 0 saturated carbocycles. The SMILES string of the molecule is Cc1ccc(C)c(OCCN2C(=O)S/C(=C\c3ccc(-c4ccccc4C(F)(F)F)o3)C2=O)c1. The van der Waals surface area contributed by atoms with Crippen molar-refractivity contribution in [1.29, 1.82) is 0 Å². The average Bonchev–Trinajstić information content (AvgIpc) is 3.35. The third kappa shape index (κ3) is 5.04. The quantitative estimate of drug-likeness (QED) is 0.362. The maximum Gasteiger partial charge on any atom is 0.417 e. The number of halogens is 3. The van der Waals surface area contributed by atoms with Gasteiger partial charge in [-0.2, -0.15) is 13.2 Å². The minimum atomic E-state index is -4.54. The maximum atomic E-state index is 13.3. The molecule has 0 unspecified atom stereocenters. The van der Waals surface area contributed by atoms with E-state index in [1.54, 1.807) is 0 Å². The lowest BCUT2D eigenvalue weighted by atomic mass is 10.1. The Labute approximate surface area is 198 Å². The molecule has 0 atom stereocenters. The van der Waals surface area contributed by atoms with Gasteiger partial charge in [0, 0.05) is 11.6 Å². The van der Waals surface area contributed by atoms with Crippen molar-refractivity contribution in [2.24, 2.45) is 0 Å². The second kappa shape index (κ2) is 9.42. The van der Waals surface area contributed by atoms with Crippen LogP contribution in [-0.4, -0.2) is 29.2 Å². The van der Waals surface area contributed by atoms with E-state index in [-0.39, 0.29) is 35.1 Å². The van der Waals surface area contributed by atoms with Gasteiger partial charge in [0.25, 0.3) is 11.1 Å². The lowest BCUT2D eigenvalue weighted by Gasteiger charge is -2.14. The molecule has 4 rings (SSSR count). The van der Waals surface area contributed by atoms with Crippen LogP contribution < -0.4 is 4.74 Å². The van der Waals surface area contributed by atoms with Crippen molar-refractivity contribution in [1.82, 2.24) is 4.90 Å². The van der Waals surface area contributed by atoms with E-state index in [2.05, 4.69) is 0 Å². The first-order chi connectivity index (χ1) is 16.1. The fourth-order valence-corrected chi connectivity index (χ4v) is 4.30. The van der Waals surface area contributed by atoms with Crippen LogP contribution in [0.25, 0.3) is 17.4 Å². The van der Waals surface area contributed by atoms with Gasteiger partial charge in [0.1, 0.15) is 23.9 Å². The van der Waals surface area contributed by atoms with Crippen molar-refractivity contribution in [3.8, 4) is 17.1 Å². The number of aryl methyl sites for hydroxylation is 2. The van der Waals surface area contributed by atoms with Gasteiger partial charge in [-0.3, -0.25) is 14.5 Å². The van der Waals surface area contributed by atoms with E-state index in [4.69, 9.17) is 9.15 Å². The average molecular weight is 487 g/mol. The summed E-state index contributed by atoms with van der Waals surface area (Å²) in [7, 11) is 0. The number of rotatable bonds is 6. The van der Waals surface area contributed by atoms with Crippen molar-refractivity contribution in [3.63, 3.8) is 0 Å². The van der Waals surface area contributed by atoms with E-state index in [1.165, 1.54) is 36.4 Å². The predicted molar refractivity (Wildman–Crippen MR) is 123 cm³/mol. The Morgan fingerprint density at radius 2 is 1.82 bits per heavy atom. The molecule has 1 saturated heterocycles. The molecule has 1 aliphatic rings. The monoisotopic (exact) mass is 487 g/mol.